The number of aromatic nitrogens is 5. The van der Waals surface area contributed by atoms with E-state index in [1.54, 1.807) is 18.5 Å². The number of amides is 1. The molecule has 0 spiro atoms. The lowest BCUT2D eigenvalue weighted by atomic mass is 9.89. The number of carbonyl (C=O) groups excluding carboxylic acids is 1. The number of nitrogens with zero attached hydrogens (tertiary/aromatic N) is 5. The summed E-state index contributed by atoms with van der Waals surface area (Å²) in [6.07, 6.45) is 5.76. The fourth-order valence-corrected chi connectivity index (χ4v) is 3.62. The molecule has 4 rings (SSSR count). The predicted molar refractivity (Wildman–Crippen MR) is 98.3 cm³/mol. The van der Waals surface area contributed by atoms with Crippen LogP contribution in [0.1, 0.15) is 43.1 Å². The normalized spacial score (nSPS) is 16.6. The largest absolute Gasteiger partial charge is 0.311 e. The zero-order valence-corrected chi connectivity index (χ0v) is 15.2. The van der Waals surface area contributed by atoms with Crippen molar-refractivity contribution in [1.82, 2.24) is 24.3 Å². The monoisotopic (exact) mass is 350 g/mol. The van der Waals surface area contributed by atoms with Gasteiger partial charge in [-0.15, -0.1) is 0 Å². The van der Waals surface area contributed by atoms with Gasteiger partial charge < -0.3 is 5.32 Å². The van der Waals surface area contributed by atoms with E-state index in [1.165, 1.54) is 0 Å². The molecule has 4 heterocycles. The van der Waals surface area contributed by atoms with Crippen LogP contribution in [0.2, 0.25) is 0 Å². The number of anilines is 1. The van der Waals surface area contributed by atoms with Gasteiger partial charge in [0, 0.05) is 48.7 Å². The molecule has 0 aromatic carbocycles. The summed E-state index contributed by atoms with van der Waals surface area (Å²) in [6.45, 7) is 7.06. The van der Waals surface area contributed by atoms with E-state index in [-0.39, 0.29) is 11.8 Å². The molecule has 0 saturated carbocycles. The fraction of sp³-hybridized carbons (Fsp3) is 0.368. The van der Waals surface area contributed by atoms with Crippen LogP contribution < -0.4 is 5.32 Å². The van der Waals surface area contributed by atoms with Crippen molar-refractivity contribution in [1.29, 1.82) is 0 Å². The van der Waals surface area contributed by atoms with Gasteiger partial charge in [-0.2, -0.15) is 5.10 Å². The molecule has 1 unspecified atom stereocenters. The van der Waals surface area contributed by atoms with Crippen LogP contribution in [0.3, 0.4) is 0 Å². The average molecular weight is 350 g/mol. The maximum Gasteiger partial charge on any atom is 0.233 e. The minimum absolute atomic E-state index is 0.00846. The molecule has 1 aliphatic heterocycles. The van der Waals surface area contributed by atoms with E-state index < -0.39 is 0 Å². The summed E-state index contributed by atoms with van der Waals surface area (Å²) < 4.78 is 3.87. The lowest BCUT2D eigenvalue weighted by Crippen LogP contribution is -2.26. The first kappa shape index (κ1) is 16.5. The first-order valence-electron chi connectivity index (χ1n) is 8.86. The first-order chi connectivity index (χ1) is 12.5. The Bertz CT molecular complexity index is 940. The topological polar surface area (TPSA) is 77.6 Å². The van der Waals surface area contributed by atoms with Crippen LogP contribution in [0.4, 0.5) is 5.82 Å². The lowest BCUT2D eigenvalue weighted by molar-refractivity contribution is -0.116. The molecule has 1 N–H and O–H groups in total. The molecular weight excluding hydrogens is 328 g/mol. The summed E-state index contributed by atoms with van der Waals surface area (Å²) in [5, 5.41) is 7.72. The van der Waals surface area contributed by atoms with Crippen LogP contribution in [0.5, 0.6) is 0 Å². The highest BCUT2D eigenvalue weighted by molar-refractivity contribution is 5.94. The zero-order valence-electron chi connectivity index (χ0n) is 15.2. The Morgan fingerprint density at radius 1 is 1.27 bits per heavy atom. The second-order valence-corrected chi connectivity index (χ2v) is 7.08. The van der Waals surface area contributed by atoms with E-state index >= 15 is 0 Å². The Hall–Kier alpha value is -2.96. The van der Waals surface area contributed by atoms with Crippen LogP contribution in [0, 0.1) is 12.8 Å². The van der Waals surface area contributed by atoms with Crippen molar-refractivity contribution in [3.05, 3.63) is 53.7 Å². The third kappa shape index (κ3) is 2.79. The van der Waals surface area contributed by atoms with Gasteiger partial charge in [-0.25, -0.2) is 14.6 Å². The standard InChI is InChI=1S/C19H22N6O/c1-12(2)11-25-18-17(13(3)23-25)14(10-16(26)22-18)15-6-4-9-24(15)19-20-7-5-8-21-19/h4-9,12,14H,10-11H2,1-3H3,(H,22,26). The Balaban J connectivity index is 1.83. The second-order valence-electron chi connectivity index (χ2n) is 7.08. The summed E-state index contributed by atoms with van der Waals surface area (Å²) in [5.74, 6) is 1.80. The van der Waals surface area contributed by atoms with E-state index in [9.17, 15) is 4.79 Å². The molecule has 1 amide bonds. The molecule has 134 valence electrons. The SMILES string of the molecule is Cc1nn(CC(C)C)c2c1C(c1cccn1-c1ncccn1)CC(=O)N2. The smallest absolute Gasteiger partial charge is 0.233 e. The van der Waals surface area contributed by atoms with E-state index in [2.05, 4.69) is 29.1 Å². The number of fused-ring (bicyclic) bond motifs is 1. The molecule has 3 aromatic heterocycles. The summed E-state index contributed by atoms with van der Waals surface area (Å²) >= 11 is 0. The van der Waals surface area contributed by atoms with Gasteiger partial charge in [-0.1, -0.05) is 13.8 Å². The van der Waals surface area contributed by atoms with Crippen molar-refractivity contribution < 1.29 is 4.79 Å². The molecule has 0 bridgehead atoms. The van der Waals surface area contributed by atoms with E-state index in [0.717, 1.165) is 29.3 Å². The van der Waals surface area contributed by atoms with Gasteiger partial charge in [0.1, 0.15) is 5.82 Å². The molecule has 0 fully saturated rings. The van der Waals surface area contributed by atoms with E-state index in [4.69, 9.17) is 5.10 Å². The van der Waals surface area contributed by atoms with Crippen LogP contribution in [-0.4, -0.2) is 30.2 Å². The molecule has 0 radical (unpaired) electrons. The summed E-state index contributed by atoms with van der Waals surface area (Å²) in [5.41, 5.74) is 3.04. The van der Waals surface area contributed by atoms with Crippen molar-refractivity contribution in [2.24, 2.45) is 5.92 Å². The highest BCUT2D eigenvalue weighted by Gasteiger charge is 2.34. The zero-order chi connectivity index (χ0) is 18.3. The molecule has 0 saturated heterocycles. The Morgan fingerprint density at radius 3 is 2.77 bits per heavy atom. The molecular formula is C19H22N6O. The van der Waals surface area contributed by atoms with Crippen LogP contribution >= 0.6 is 0 Å². The van der Waals surface area contributed by atoms with Gasteiger partial charge in [-0.05, 0) is 31.0 Å². The molecule has 0 aliphatic carbocycles. The maximum absolute atomic E-state index is 12.4. The Morgan fingerprint density at radius 2 is 2.04 bits per heavy atom. The number of carbonyl (C=O) groups is 1. The minimum atomic E-state index is -0.0709. The molecule has 7 heteroatoms. The minimum Gasteiger partial charge on any atom is -0.311 e. The van der Waals surface area contributed by atoms with Crippen molar-refractivity contribution in [3.63, 3.8) is 0 Å². The molecule has 1 atom stereocenters. The Labute approximate surface area is 152 Å². The van der Waals surface area contributed by atoms with Gasteiger partial charge >= 0.3 is 0 Å². The highest BCUT2D eigenvalue weighted by Crippen LogP contribution is 2.40. The van der Waals surface area contributed by atoms with Gasteiger partial charge in [0.15, 0.2) is 0 Å². The Kier molecular flexibility index (Phi) is 4.06. The summed E-state index contributed by atoms with van der Waals surface area (Å²) in [7, 11) is 0. The predicted octanol–water partition coefficient (Wildman–Crippen LogP) is 2.90. The van der Waals surface area contributed by atoms with Crippen LogP contribution in [0.25, 0.3) is 5.95 Å². The quantitative estimate of drug-likeness (QED) is 0.785. The van der Waals surface area contributed by atoms with E-state index in [0.29, 0.717) is 18.3 Å². The number of aryl methyl sites for hydroxylation is 1. The number of nitrogens with one attached hydrogen (secondary N) is 1. The number of hydrogen-bond donors (Lipinski definition) is 1. The van der Waals surface area contributed by atoms with Crippen molar-refractivity contribution >= 4 is 11.7 Å². The third-order valence-corrected chi connectivity index (χ3v) is 4.61. The third-order valence-electron chi connectivity index (χ3n) is 4.61. The van der Waals surface area contributed by atoms with Crippen LogP contribution in [-0.2, 0) is 11.3 Å². The molecule has 3 aromatic rings. The van der Waals surface area contributed by atoms with Crippen LogP contribution in [0.15, 0.2) is 36.8 Å². The number of rotatable bonds is 4. The van der Waals surface area contributed by atoms with E-state index in [1.807, 2.05) is 34.5 Å². The molecule has 1 aliphatic rings. The second kappa shape index (κ2) is 6.40. The van der Waals surface area contributed by atoms with Gasteiger partial charge in [0.25, 0.3) is 0 Å². The van der Waals surface area contributed by atoms with Gasteiger partial charge in [0.05, 0.1) is 5.69 Å². The first-order valence-corrected chi connectivity index (χ1v) is 8.86. The van der Waals surface area contributed by atoms with Crippen molar-refractivity contribution in [3.8, 4) is 5.95 Å². The fourth-order valence-electron chi connectivity index (χ4n) is 3.62. The van der Waals surface area contributed by atoms with Gasteiger partial charge in [-0.3, -0.25) is 9.36 Å². The molecule has 7 nitrogen and oxygen atoms in total. The lowest BCUT2D eigenvalue weighted by Gasteiger charge is -2.25. The van der Waals surface area contributed by atoms with Crippen molar-refractivity contribution in [2.45, 2.75) is 39.7 Å². The average Bonchev–Trinajstić information content (AvgIpc) is 3.20. The van der Waals surface area contributed by atoms with Crippen molar-refractivity contribution in [2.75, 3.05) is 5.32 Å². The summed E-state index contributed by atoms with van der Waals surface area (Å²) in [4.78, 5) is 21.1. The van der Waals surface area contributed by atoms with Gasteiger partial charge in [0.2, 0.25) is 11.9 Å². The maximum atomic E-state index is 12.4. The number of hydrogen-bond acceptors (Lipinski definition) is 4. The summed E-state index contributed by atoms with van der Waals surface area (Å²) in [6, 6.07) is 5.79. The highest BCUT2D eigenvalue weighted by atomic mass is 16.1. The molecule has 26 heavy (non-hydrogen) atoms.